The number of aromatic nitrogens is 4. The summed E-state index contributed by atoms with van der Waals surface area (Å²) in [5.74, 6) is 1.12. The van der Waals surface area contributed by atoms with E-state index in [-0.39, 0.29) is 5.91 Å². The number of rotatable bonds is 4. The van der Waals surface area contributed by atoms with E-state index in [0.29, 0.717) is 48.4 Å². The van der Waals surface area contributed by atoms with Gasteiger partial charge in [-0.2, -0.15) is 0 Å². The smallest absolute Gasteiger partial charge is 0.233 e. The summed E-state index contributed by atoms with van der Waals surface area (Å²) < 4.78 is 10.5. The van der Waals surface area contributed by atoms with E-state index in [1.54, 1.807) is 12.0 Å². The Hall–Kier alpha value is -2.39. The van der Waals surface area contributed by atoms with Crippen molar-refractivity contribution >= 4 is 39.7 Å². The second-order valence-corrected chi connectivity index (χ2v) is 6.55. The molecule has 1 fully saturated rings. The van der Waals surface area contributed by atoms with Gasteiger partial charge in [-0.25, -0.2) is 4.98 Å². The number of amides is 1. The maximum absolute atomic E-state index is 12.2. The monoisotopic (exact) mass is 359 g/mol. The third kappa shape index (κ3) is 3.24. The Morgan fingerprint density at radius 3 is 3.00 bits per heavy atom. The third-order valence-corrected chi connectivity index (χ3v) is 4.91. The van der Waals surface area contributed by atoms with Gasteiger partial charge < -0.3 is 19.4 Å². The molecule has 3 heterocycles. The fraction of sp³-hybridized carbons (Fsp3) is 0.375. The number of carbonyl (C=O) groups is 1. The fourth-order valence-electron chi connectivity index (χ4n) is 2.75. The molecule has 0 radical (unpaired) electrons. The molecule has 1 aliphatic rings. The van der Waals surface area contributed by atoms with E-state index in [2.05, 4.69) is 20.2 Å². The van der Waals surface area contributed by atoms with Gasteiger partial charge in [0.05, 0.1) is 26.1 Å². The highest BCUT2D eigenvalue weighted by Crippen LogP contribution is 2.27. The molecule has 0 aliphatic carbocycles. The predicted molar refractivity (Wildman–Crippen MR) is 93.9 cm³/mol. The van der Waals surface area contributed by atoms with E-state index in [4.69, 9.17) is 9.47 Å². The van der Waals surface area contributed by atoms with Crippen molar-refractivity contribution in [3.05, 3.63) is 18.2 Å². The molecule has 25 heavy (non-hydrogen) atoms. The lowest BCUT2D eigenvalue weighted by molar-refractivity contribution is -0.132. The minimum Gasteiger partial charge on any atom is -0.497 e. The number of ether oxygens (including phenoxy) is 2. The number of benzene rings is 1. The van der Waals surface area contributed by atoms with Crippen LogP contribution in [-0.2, 0) is 9.53 Å². The number of hydrogen-bond acceptors (Lipinski definition) is 7. The van der Waals surface area contributed by atoms with Crippen LogP contribution in [-0.4, -0.2) is 70.1 Å². The van der Waals surface area contributed by atoms with Crippen molar-refractivity contribution in [1.82, 2.24) is 25.1 Å². The molecular weight excluding hydrogens is 342 g/mol. The van der Waals surface area contributed by atoms with Gasteiger partial charge in [-0.1, -0.05) is 11.8 Å². The number of thioether (sulfide) groups is 1. The van der Waals surface area contributed by atoms with Crippen LogP contribution < -0.4 is 4.74 Å². The maximum atomic E-state index is 12.2. The van der Waals surface area contributed by atoms with Gasteiger partial charge in [-0.3, -0.25) is 4.79 Å². The normalized spacial score (nSPS) is 15.0. The van der Waals surface area contributed by atoms with Gasteiger partial charge >= 0.3 is 0 Å². The molecule has 3 aromatic rings. The summed E-state index contributed by atoms with van der Waals surface area (Å²) in [5.41, 5.74) is 2.27. The number of morpholine rings is 1. The lowest BCUT2D eigenvalue weighted by Crippen LogP contribution is -2.41. The van der Waals surface area contributed by atoms with Crippen LogP contribution in [0.5, 0.6) is 5.75 Å². The number of aromatic amines is 1. The summed E-state index contributed by atoms with van der Waals surface area (Å²) in [6.07, 6.45) is 0. The number of nitrogens with one attached hydrogen (secondary N) is 1. The minimum atomic E-state index is 0.0679. The highest BCUT2D eigenvalue weighted by atomic mass is 32.2. The summed E-state index contributed by atoms with van der Waals surface area (Å²) in [4.78, 5) is 21.7. The topological polar surface area (TPSA) is 93.2 Å². The van der Waals surface area contributed by atoms with Gasteiger partial charge in [-0.15, -0.1) is 10.2 Å². The minimum absolute atomic E-state index is 0.0679. The molecule has 2 aromatic heterocycles. The van der Waals surface area contributed by atoms with E-state index < -0.39 is 0 Å². The van der Waals surface area contributed by atoms with Crippen LogP contribution in [0.15, 0.2) is 23.4 Å². The van der Waals surface area contributed by atoms with E-state index in [9.17, 15) is 4.79 Å². The largest absolute Gasteiger partial charge is 0.497 e. The average molecular weight is 359 g/mol. The number of fused-ring (bicyclic) bond motifs is 3. The van der Waals surface area contributed by atoms with Gasteiger partial charge in [0.1, 0.15) is 11.3 Å². The SMILES string of the molecule is COc1ccc2[nH]c3nc(SCC(=O)N4CCOCC4)nnc3c2c1. The molecule has 0 atom stereocenters. The van der Waals surface area contributed by atoms with E-state index >= 15 is 0 Å². The van der Waals surface area contributed by atoms with Gasteiger partial charge in [0.2, 0.25) is 11.1 Å². The third-order valence-electron chi connectivity index (χ3n) is 4.09. The Bertz CT molecular complexity index is 923. The van der Waals surface area contributed by atoms with Gasteiger partial charge in [0.25, 0.3) is 0 Å². The summed E-state index contributed by atoms with van der Waals surface area (Å²) in [6, 6.07) is 5.70. The molecule has 1 aromatic carbocycles. The molecular formula is C16H17N5O3S. The summed E-state index contributed by atoms with van der Waals surface area (Å²) in [7, 11) is 1.63. The highest BCUT2D eigenvalue weighted by Gasteiger charge is 2.18. The van der Waals surface area contributed by atoms with E-state index in [0.717, 1.165) is 16.7 Å². The fourth-order valence-corrected chi connectivity index (χ4v) is 3.44. The molecule has 0 saturated carbocycles. The van der Waals surface area contributed by atoms with Crippen molar-refractivity contribution < 1.29 is 14.3 Å². The number of methoxy groups -OCH3 is 1. The quantitative estimate of drug-likeness (QED) is 0.705. The lowest BCUT2D eigenvalue weighted by Gasteiger charge is -2.26. The number of hydrogen-bond donors (Lipinski definition) is 1. The van der Waals surface area contributed by atoms with Crippen LogP contribution >= 0.6 is 11.8 Å². The van der Waals surface area contributed by atoms with Crippen molar-refractivity contribution in [2.24, 2.45) is 0 Å². The molecule has 1 aliphatic heterocycles. The second kappa shape index (κ2) is 6.85. The van der Waals surface area contributed by atoms with Crippen LogP contribution in [0.3, 0.4) is 0 Å². The molecule has 0 spiro atoms. The van der Waals surface area contributed by atoms with Crippen LogP contribution in [0, 0.1) is 0 Å². The van der Waals surface area contributed by atoms with Gasteiger partial charge in [-0.05, 0) is 18.2 Å². The Kier molecular flexibility index (Phi) is 4.41. The molecule has 9 heteroatoms. The summed E-state index contributed by atoms with van der Waals surface area (Å²) in [5, 5.41) is 9.81. The van der Waals surface area contributed by atoms with Crippen LogP contribution in [0.4, 0.5) is 0 Å². The van der Waals surface area contributed by atoms with Crippen molar-refractivity contribution in [3.63, 3.8) is 0 Å². The summed E-state index contributed by atoms with van der Waals surface area (Å²) >= 11 is 1.29. The van der Waals surface area contributed by atoms with Crippen molar-refractivity contribution in [3.8, 4) is 5.75 Å². The molecule has 1 amide bonds. The van der Waals surface area contributed by atoms with Crippen molar-refractivity contribution in [1.29, 1.82) is 0 Å². The molecule has 130 valence electrons. The zero-order valence-corrected chi connectivity index (χ0v) is 14.5. The first-order chi connectivity index (χ1) is 12.2. The average Bonchev–Trinajstić information content (AvgIpc) is 3.03. The zero-order chi connectivity index (χ0) is 17.2. The lowest BCUT2D eigenvalue weighted by atomic mass is 10.2. The van der Waals surface area contributed by atoms with Crippen LogP contribution in [0.25, 0.3) is 22.1 Å². The summed E-state index contributed by atoms with van der Waals surface area (Å²) in [6.45, 7) is 2.47. The van der Waals surface area contributed by atoms with Crippen molar-refractivity contribution in [2.45, 2.75) is 5.16 Å². The second-order valence-electron chi connectivity index (χ2n) is 5.61. The molecule has 0 unspecified atom stereocenters. The first-order valence-electron chi connectivity index (χ1n) is 7.93. The zero-order valence-electron chi connectivity index (χ0n) is 13.7. The highest BCUT2D eigenvalue weighted by molar-refractivity contribution is 7.99. The molecule has 0 bridgehead atoms. The number of carbonyl (C=O) groups excluding carboxylic acids is 1. The number of H-pyrrole nitrogens is 1. The predicted octanol–water partition coefficient (Wildman–Crippen LogP) is 1.47. The van der Waals surface area contributed by atoms with E-state index in [1.807, 2.05) is 18.2 Å². The molecule has 8 nitrogen and oxygen atoms in total. The maximum Gasteiger partial charge on any atom is 0.233 e. The Labute approximate surface area is 147 Å². The number of nitrogens with zero attached hydrogens (tertiary/aromatic N) is 4. The Balaban J connectivity index is 1.52. The Morgan fingerprint density at radius 1 is 1.36 bits per heavy atom. The first kappa shape index (κ1) is 16.1. The van der Waals surface area contributed by atoms with Crippen molar-refractivity contribution in [2.75, 3.05) is 39.2 Å². The van der Waals surface area contributed by atoms with Crippen LogP contribution in [0.1, 0.15) is 0 Å². The van der Waals surface area contributed by atoms with E-state index in [1.165, 1.54) is 11.8 Å². The standard InChI is InChI=1S/C16H17N5O3S/c1-23-10-2-3-12-11(8-10)14-15(17-12)18-16(20-19-14)25-9-13(22)21-4-6-24-7-5-21/h2-3,8H,4-7,9H2,1H3,(H,17,18,20). The molecule has 1 saturated heterocycles. The first-order valence-corrected chi connectivity index (χ1v) is 8.91. The Morgan fingerprint density at radius 2 is 2.20 bits per heavy atom. The molecule has 4 rings (SSSR count). The molecule has 1 N–H and O–H groups in total. The van der Waals surface area contributed by atoms with Gasteiger partial charge in [0.15, 0.2) is 5.65 Å². The van der Waals surface area contributed by atoms with Crippen LogP contribution in [0.2, 0.25) is 0 Å². The van der Waals surface area contributed by atoms with Gasteiger partial charge in [0, 0.05) is 24.0 Å².